The van der Waals surface area contributed by atoms with Gasteiger partial charge in [0, 0.05) is 24.6 Å². The zero-order valence-electron chi connectivity index (χ0n) is 10.6. The molecule has 3 N–H and O–H groups in total. The van der Waals surface area contributed by atoms with E-state index in [1.807, 2.05) is 18.2 Å². The van der Waals surface area contributed by atoms with Gasteiger partial charge in [-0.3, -0.25) is 9.97 Å². The third-order valence-electron chi connectivity index (χ3n) is 2.93. The van der Waals surface area contributed by atoms with Gasteiger partial charge in [-0.15, -0.1) is 0 Å². The van der Waals surface area contributed by atoms with Crippen LogP contribution in [0.15, 0.2) is 35.1 Å². The van der Waals surface area contributed by atoms with E-state index in [-0.39, 0.29) is 6.61 Å². The van der Waals surface area contributed by atoms with Crippen LogP contribution in [0.2, 0.25) is 0 Å². The third kappa shape index (κ3) is 2.36. The van der Waals surface area contributed by atoms with Crippen LogP contribution in [0, 0.1) is 0 Å². The van der Waals surface area contributed by atoms with Gasteiger partial charge in [-0.1, -0.05) is 5.16 Å². The van der Waals surface area contributed by atoms with Crippen molar-refractivity contribution in [1.29, 1.82) is 0 Å². The first-order chi connectivity index (χ1) is 9.78. The molecule has 7 heteroatoms. The Kier molecular flexibility index (Phi) is 3.36. The molecule has 2 aromatic heterocycles. The maximum absolute atomic E-state index is 8.86. The standard InChI is InChI=1S/C13H13N5O2/c14-9(3-6-19)13-17-12(18-20-13)8-1-2-10-11(7-8)16-5-4-15-10/h1-2,4-5,7,9,19H,3,6,14H2. The molecule has 0 fully saturated rings. The van der Waals surface area contributed by atoms with Crippen LogP contribution in [0.4, 0.5) is 0 Å². The van der Waals surface area contributed by atoms with E-state index < -0.39 is 6.04 Å². The van der Waals surface area contributed by atoms with E-state index in [0.29, 0.717) is 18.1 Å². The van der Waals surface area contributed by atoms with E-state index in [2.05, 4.69) is 20.1 Å². The van der Waals surface area contributed by atoms with E-state index in [1.165, 1.54) is 0 Å². The summed E-state index contributed by atoms with van der Waals surface area (Å²) < 4.78 is 5.11. The molecule has 0 aliphatic heterocycles. The molecule has 7 nitrogen and oxygen atoms in total. The highest BCUT2D eigenvalue weighted by molar-refractivity contribution is 5.79. The predicted molar refractivity (Wildman–Crippen MR) is 71.5 cm³/mol. The molecule has 0 spiro atoms. The molecular formula is C13H13N5O2. The van der Waals surface area contributed by atoms with Crippen LogP contribution in [-0.4, -0.2) is 31.8 Å². The van der Waals surface area contributed by atoms with Crippen molar-refractivity contribution < 1.29 is 9.63 Å². The van der Waals surface area contributed by atoms with Crippen molar-refractivity contribution in [3.63, 3.8) is 0 Å². The number of aromatic nitrogens is 4. The Morgan fingerprint density at radius 1 is 1.20 bits per heavy atom. The summed E-state index contributed by atoms with van der Waals surface area (Å²) in [5, 5.41) is 12.8. The highest BCUT2D eigenvalue weighted by atomic mass is 16.5. The number of fused-ring (bicyclic) bond motifs is 1. The molecule has 0 saturated carbocycles. The second-order valence-corrected chi connectivity index (χ2v) is 4.33. The normalized spacial score (nSPS) is 12.7. The minimum absolute atomic E-state index is 0.0234. The monoisotopic (exact) mass is 271 g/mol. The van der Waals surface area contributed by atoms with Crippen molar-refractivity contribution in [2.45, 2.75) is 12.5 Å². The summed E-state index contributed by atoms with van der Waals surface area (Å²) in [5.41, 5.74) is 8.15. The molecule has 0 aliphatic carbocycles. The van der Waals surface area contributed by atoms with Gasteiger partial charge in [-0.05, 0) is 24.6 Å². The number of aliphatic hydroxyl groups excluding tert-OH is 1. The molecule has 102 valence electrons. The summed E-state index contributed by atoms with van der Waals surface area (Å²) in [4.78, 5) is 12.7. The van der Waals surface area contributed by atoms with Crippen LogP contribution in [-0.2, 0) is 0 Å². The van der Waals surface area contributed by atoms with Crippen LogP contribution in [0.3, 0.4) is 0 Å². The molecular weight excluding hydrogens is 258 g/mol. The zero-order valence-corrected chi connectivity index (χ0v) is 10.6. The lowest BCUT2D eigenvalue weighted by Gasteiger charge is -2.01. The van der Waals surface area contributed by atoms with Crippen molar-refractivity contribution in [1.82, 2.24) is 20.1 Å². The smallest absolute Gasteiger partial charge is 0.243 e. The Labute approximate surface area is 114 Å². The fourth-order valence-corrected chi connectivity index (χ4v) is 1.87. The molecule has 1 atom stereocenters. The number of aliphatic hydroxyl groups is 1. The Bertz CT molecular complexity index is 727. The summed E-state index contributed by atoms with van der Waals surface area (Å²) in [5.74, 6) is 0.759. The minimum atomic E-state index is -0.457. The van der Waals surface area contributed by atoms with Gasteiger partial charge >= 0.3 is 0 Å². The summed E-state index contributed by atoms with van der Waals surface area (Å²) in [7, 11) is 0. The zero-order chi connectivity index (χ0) is 13.9. The Hall–Kier alpha value is -2.38. The summed E-state index contributed by atoms with van der Waals surface area (Å²) >= 11 is 0. The van der Waals surface area contributed by atoms with E-state index in [0.717, 1.165) is 16.6 Å². The second kappa shape index (κ2) is 5.32. The molecule has 1 unspecified atom stereocenters. The average molecular weight is 271 g/mol. The maximum atomic E-state index is 8.86. The van der Waals surface area contributed by atoms with Crippen LogP contribution >= 0.6 is 0 Å². The van der Waals surface area contributed by atoms with Gasteiger partial charge < -0.3 is 15.4 Å². The van der Waals surface area contributed by atoms with E-state index >= 15 is 0 Å². The number of nitrogens with two attached hydrogens (primary N) is 1. The minimum Gasteiger partial charge on any atom is -0.396 e. The van der Waals surface area contributed by atoms with Gasteiger partial charge in [0.05, 0.1) is 17.1 Å². The first kappa shape index (κ1) is 12.6. The molecule has 3 rings (SSSR count). The number of nitrogens with zero attached hydrogens (tertiary/aromatic N) is 4. The Balaban J connectivity index is 1.94. The van der Waals surface area contributed by atoms with Crippen molar-refractivity contribution in [2.24, 2.45) is 5.73 Å². The lowest BCUT2D eigenvalue weighted by Crippen LogP contribution is -2.12. The first-order valence-electron chi connectivity index (χ1n) is 6.19. The maximum Gasteiger partial charge on any atom is 0.243 e. The average Bonchev–Trinajstić information content (AvgIpc) is 2.97. The van der Waals surface area contributed by atoms with Gasteiger partial charge in [0.25, 0.3) is 0 Å². The van der Waals surface area contributed by atoms with Gasteiger partial charge in [-0.25, -0.2) is 0 Å². The molecule has 0 bridgehead atoms. The number of hydrogen-bond donors (Lipinski definition) is 2. The third-order valence-corrected chi connectivity index (χ3v) is 2.93. The van der Waals surface area contributed by atoms with Crippen LogP contribution in [0.1, 0.15) is 18.4 Å². The lowest BCUT2D eigenvalue weighted by atomic mass is 10.2. The van der Waals surface area contributed by atoms with Gasteiger partial charge in [-0.2, -0.15) is 4.98 Å². The van der Waals surface area contributed by atoms with Gasteiger partial charge in [0.15, 0.2) is 0 Å². The van der Waals surface area contributed by atoms with Crippen LogP contribution in [0.25, 0.3) is 22.4 Å². The SMILES string of the molecule is NC(CCO)c1nc(-c2ccc3nccnc3c2)no1. The van der Waals surface area contributed by atoms with Crippen molar-refractivity contribution in [3.05, 3.63) is 36.5 Å². The summed E-state index contributed by atoms with van der Waals surface area (Å²) in [6.07, 6.45) is 3.65. The van der Waals surface area contributed by atoms with Crippen molar-refractivity contribution in [2.75, 3.05) is 6.61 Å². The van der Waals surface area contributed by atoms with Crippen molar-refractivity contribution in [3.8, 4) is 11.4 Å². The topological polar surface area (TPSA) is 111 Å². The molecule has 3 aromatic rings. The molecule has 20 heavy (non-hydrogen) atoms. The highest BCUT2D eigenvalue weighted by Gasteiger charge is 2.15. The van der Waals surface area contributed by atoms with Crippen LogP contribution in [0.5, 0.6) is 0 Å². The Morgan fingerprint density at radius 3 is 2.80 bits per heavy atom. The molecule has 0 saturated heterocycles. The second-order valence-electron chi connectivity index (χ2n) is 4.33. The number of rotatable bonds is 4. The molecule has 0 radical (unpaired) electrons. The Morgan fingerprint density at radius 2 is 2.00 bits per heavy atom. The lowest BCUT2D eigenvalue weighted by molar-refractivity contribution is 0.259. The van der Waals surface area contributed by atoms with Gasteiger partial charge in [0.2, 0.25) is 11.7 Å². The first-order valence-corrected chi connectivity index (χ1v) is 6.19. The summed E-state index contributed by atoms with van der Waals surface area (Å²) in [6, 6.07) is 5.08. The highest BCUT2D eigenvalue weighted by Crippen LogP contribution is 2.21. The number of benzene rings is 1. The number of hydrogen-bond acceptors (Lipinski definition) is 7. The molecule has 0 aliphatic rings. The van der Waals surface area contributed by atoms with Crippen molar-refractivity contribution >= 4 is 11.0 Å². The largest absolute Gasteiger partial charge is 0.396 e. The quantitative estimate of drug-likeness (QED) is 0.729. The van der Waals surface area contributed by atoms with E-state index in [9.17, 15) is 0 Å². The van der Waals surface area contributed by atoms with E-state index in [1.54, 1.807) is 12.4 Å². The molecule has 0 amide bonds. The predicted octanol–water partition coefficient (Wildman–Crippen LogP) is 1.06. The fraction of sp³-hybridized carbons (Fsp3) is 0.231. The van der Waals surface area contributed by atoms with Crippen LogP contribution < -0.4 is 5.73 Å². The fourth-order valence-electron chi connectivity index (χ4n) is 1.87. The van der Waals surface area contributed by atoms with Gasteiger partial charge in [0.1, 0.15) is 0 Å². The molecule has 2 heterocycles. The molecule has 1 aromatic carbocycles. The summed E-state index contributed by atoms with van der Waals surface area (Å²) in [6.45, 7) is -0.0234. The van der Waals surface area contributed by atoms with E-state index in [4.69, 9.17) is 15.4 Å².